The Bertz CT molecular complexity index is 574. The van der Waals surface area contributed by atoms with Crippen molar-refractivity contribution in [3.63, 3.8) is 0 Å². The van der Waals surface area contributed by atoms with Crippen LogP contribution in [0.25, 0.3) is 11.3 Å². The highest BCUT2D eigenvalue weighted by Gasteiger charge is 2.22. The van der Waals surface area contributed by atoms with Crippen molar-refractivity contribution in [1.82, 2.24) is 4.98 Å². The molecule has 6 heteroatoms. The van der Waals surface area contributed by atoms with Crippen LogP contribution in [0.3, 0.4) is 0 Å². The molecule has 1 heterocycles. The molecule has 0 unspecified atom stereocenters. The summed E-state index contributed by atoms with van der Waals surface area (Å²) >= 11 is 0. The third kappa shape index (κ3) is 2.00. The molecule has 0 atom stereocenters. The molecule has 0 aliphatic heterocycles. The van der Waals surface area contributed by atoms with Crippen LogP contribution in [0.2, 0.25) is 0 Å². The normalized spacial score (nSPS) is 10.1. The molecule has 1 aromatic heterocycles. The van der Waals surface area contributed by atoms with Crippen LogP contribution in [0.4, 0.5) is 0 Å². The molecule has 17 heavy (non-hydrogen) atoms. The lowest BCUT2D eigenvalue weighted by atomic mass is 10.1. The van der Waals surface area contributed by atoms with Gasteiger partial charge < -0.3 is 15.3 Å². The van der Waals surface area contributed by atoms with E-state index in [2.05, 4.69) is 4.98 Å². The first-order chi connectivity index (χ1) is 8.09. The molecule has 0 radical (unpaired) electrons. The second kappa shape index (κ2) is 4.09. The number of nitrogens with zero attached hydrogens (tertiary/aromatic N) is 1. The highest BCUT2D eigenvalue weighted by atomic mass is 16.4. The molecular weight excluding hydrogens is 224 g/mol. The van der Waals surface area contributed by atoms with Gasteiger partial charge in [0.15, 0.2) is 11.5 Å². The smallest absolute Gasteiger partial charge is 0.358 e. The highest BCUT2D eigenvalue weighted by molar-refractivity contribution is 5.95. The molecule has 1 amide bonds. The standard InChI is InChI=1S/C11H8N2O4/c12-9(14)10-13-7(11(15)16)8(17-10)6-4-2-1-3-5-6/h1-5H,(H2,12,14)(H,15,16). The van der Waals surface area contributed by atoms with E-state index in [0.29, 0.717) is 5.56 Å². The van der Waals surface area contributed by atoms with Crippen molar-refractivity contribution in [2.24, 2.45) is 5.73 Å². The molecule has 2 rings (SSSR count). The molecule has 0 fully saturated rings. The van der Waals surface area contributed by atoms with E-state index in [0.717, 1.165) is 0 Å². The van der Waals surface area contributed by atoms with Gasteiger partial charge >= 0.3 is 11.9 Å². The number of hydrogen-bond donors (Lipinski definition) is 2. The van der Waals surface area contributed by atoms with Crippen LogP contribution < -0.4 is 5.73 Å². The Kier molecular flexibility index (Phi) is 2.61. The van der Waals surface area contributed by atoms with Crippen LogP contribution in [0.1, 0.15) is 21.2 Å². The van der Waals surface area contributed by atoms with Crippen LogP contribution in [-0.4, -0.2) is 22.0 Å². The number of amides is 1. The summed E-state index contributed by atoms with van der Waals surface area (Å²) < 4.78 is 5.06. The molecule has 1 aromatic carbocycles. The number of carbonyl (C=O) groups is 2. The Balaban J connectivity index is 2.60. The van der Waals surface area contributed by atoms with Crippen LogP contribution in [0.5, 0.6) is 0 Å². The Morgan fingerprint density at radius 2 is 1.88 bits per heavy atom. The highest BCUT2D eigenvalue weighted by Crippen LogP contribution is 2.24. The van der Waals surface area contributed by atoms with Crippen LogP contribution >= 0.6 is 0 Å². The number of benzene rings is 1. The molecule has 6 nitrogen and oxygen atoms in total. The summed E-state index contributed by atoms with van der Waals surface area (Å²) in [5, 5.41) is 8.95. The van der Waals surface area contributed by atoms with Crippen molar-refractivity contribution < 1.29 is 19.1 Å². The molecule has 0 spiro atoms. The Morgan fingerprint density at radius 3 is 2.41 bits per heavy atom. The number of aromatic carboxylic acids is 1. The number of primary amides is 1. The maximum absolute atomic E-state index is 11.0. The zero-order chi connectivity index (χ0) is 12.4. The number of aromatic nitrogens is 1. The predicted molar refractivity (Wildman–Crippen MR) is 57.4 cm³/mol. The van der Waals surface area contributed by atoms with Crippen LogP contribution in [0, 0.1) is 0 Å². The van der Waals surface area contributed by atoms with Gasteiger partial charge in [-0.05, 0) is 0 Å². The van der Waals surface area contributed by atoms with Gasteiger partial charge in [-0.15, -0.1) is 0 Å². The van der Waals surface area contributed by atoms with E-state index in [1.807, 2.05) is 0 Å². The Labute approximate surface area is 95.7 Å². The summed E-state index contributed by atoms with van der Waals surface area (Å²) in [6, 6.07) is 8.51. The fourth-order valence-electron chi connectivity index (χ4n) is 1.36. The average molecular weight is 232 g/mol. The summed E-state index contributed by atoms with van der Waals surface area (Å²) in [7, 11) is 0. The van der Waals surface area contributed by atoms with Gasteiger partial charge in [0.1, 0.15) is 0 Å². The van der Waals surface area contributed by atoms with Crippen LogP contribution in [-0.2, 0) is 0 Å². The molecule has 0 aliphatic carbocycles. The quantitative estimate of drug-likeness (QED) is 0.825. The number of nitrogens with two attached hydrogens (primary N) is 1. The first kappa shape index (κ1) is 10.9. The number of rotatable bonds is 3. The van der Waals surface area contributed by atoms with Gasteiger partial charge in [0.25, 0.3) is 5.89 Å². The predicted octanol–water partition coefficient (Wildman–Crippen LogP) is 1.14. The van der Waals surface area contributed by atoms with Crippen molar-refractivity contribution in [3.8, 4) is 11.3 Å². The summed E-state index contributed by atoms with van der Waals surface area (Å²) in [5.74, 6) is -2.58. The average Bonchev–Trinajstić information content (AvgIpc) is 2.75. The SMILES string of the molecule is NC(=O)c1nc(C(=O)O)c(-c2ccccc2)o1. The number of carboxylic acid groups (broad SMARTS) is 1. The van der Waals surface area contributed by atoms with E-state index in [1.54, 1.807) is 30.3 Å². The molecule has 0 saturated heterocycles. The maximum Gasteiger partial charge on any atom is 0.358 e. The largest absolute Gasteiger partial charge is 0.476 e. The third-order valence-electron chi connectivity index (χ3n) is 2.08. The molecule has 86 valence electrons. The third-order valence-corrected chi connectivity index (χ3v) is 2.08. The Hall–Kier alpha value is -2.63. The van der Waals surface area contributed by atoms with Crippen molar-refractivity contribution >= 4 is 11.9 Å². The number of oxazole rings is 1. The minimum absolute atomic E-state index is 0.0203. The fraction of sp³-hybridized carbons (Fsp3) is 0. The van der Waals surface area contributed by atoms with Gasteiger partial charge in [-0.1, -0.05) is 30.3 Å². The molecule has 0 aliphatic rings. The zero-order valence-corrected chi connectivity index (χ0v) is 8.58. The van der Waals surface area contributed by atoms with Gasteiger partial charge in [0.05, 0.1) is 0 Å². The molecule has 0 bridgehead atoms. The van der Waals surface area contributed by atoms with Crippen molar-refractivity contribution in [2.75, 3.05) is 0 Å². The lowest BCUT2D eigenvalue weighted by Crippen LogP contribution is -2.11. The second-order valence-corrected chi connectivity index (χ2v) is 3.23. The molecule has 0 saturated carbocycles. The van der Waals surface area contributed by atoms with Crippen LogP contribution in [0.15, 0.2) is 34.7 Å². The maximum atomic E-state index is 11.0. The lowest BCUT2D eigenvalue weighted by Gasteiger charge is -1.96. The minimum Gasteiger partial charge on any atom is -0.476 e. The summed E-state index contributed by atoms with van der Waals surface area (Å²) in [6.07, 6.45) is 0. The molecular formula is C11H8N2O4. The van der Waals surface area contributed by atoms with Crippen molar-refractivity contribution in [1.29, 1.82) is 0 Å². The van der Waals surface area contributed by atoms with Gasteiger partial charge in [0.2, 0.25) is 0 Å². The molecule has 3 N–H and O–H groups in total. The van der Waals surface area contributed by atoms with Gasteiger partial charge in [-0.25, -0.2) is 4.79 Å². The van der Waals surface area contributed by atoms with E-state index >= 15 is 0 Å². The van der Waals surface area contributed by atoms with Gasteiger partial charge in [-0.3, -0.25) is 4.79 Å². The summed E-state index contributed by atoms with van der Waals surface area (Å²) in [6.45, 7) is 0. The van der Waals surface area contributed by atoms with Crippen molar-refractivity contribution in [2.45, 2.75) is 0 Å². The molecule has 2 aromatic rings. The topological polar surface area (TPSA) is 106 Å². The lowest BCUT2D eigenvalue weighted by molar-refractivity contribution is 0.0691. The van der Waals surface area contributed by atoms with E-state index < -0.39 is 17.8 Å². The van der Waals surface area contributed by atoms with E-state index in [9.17, 15) is 9.59 Å². The number of hydrogen-bond acceptors (Lipinski definition) is 4. The first-order valence-electron chi connectivity index (χ1n) is 4.69. The number of carbonyl (C=O) groups excluding carboxylic acids is 1. The second-order valence-electron chi connectivity index (χ2n) is 3.23. The van der Waals surface area contributed by atoms with Crippen molar-refractivity contribution in [3.05, 3.63) is 41.9 Å². The fourth-order valence-corrected chi connectivity index (χ4v) is 1.36. The number of carboxylic acids is 1. The van der Waals surface area contributed by atoms with E-state index in [-0.39, 0.29) is 11.5 Å². The summed E-state index contributed by atoms with van der Waals surface area (Å²) in [4.78, 5) is 25.4. The van der Waals surface area contributed by atoms with Gasteiger partial charge in [0, 0.05) is 5.56 Å². The van der Waals surface area contributed by atoms with E-state index in [1.165, 1.54) is 0 Å². The zero-order valence-electron chi connectivity index (χ0n) is 8.58. The summed E-state index contributed by atoms with van der Waals surface area (Å²) in [5.41, 5.74) is 5.18. The Morgan fingerprint density at radius 1 is 1.24 bits per heavy atom. The van der Waals surface area contributed by atoms with E-state index in [4.69, 9.17) is 15.3 Å². The first-order valence-corrected chi connectivity index (χ1v) is 4.69. The monoisotopic (exact) mass is 232 g/mol. The minimum atomic E-state index is -1.28. The van der Waals surface area contributed by atoms with Gasteiger partial charge in [-0.2, -0.15) is 4.98 Å².